The first-order valence-electron chi connectivity index (χ1n) is 8.24. The van der Waals surface area contributed by atoms with E-state index in [-0.39, 0.29) is 11.9 Å². The average molecular weight is 307 g/mol. The molecule has 0 unspecified atom stereocenters. The van der Waals surface area contributed by atoms with Crippen molar-refractivity contribution in [2.75, 3.05) is 19.6 Å². The van der Waals surface area contributed by atoms with Gasteiger partial charge in [-0.3, -0.25) is 9.78 Å². The van der Waals surface area contributed by atoms with Crippen LogP contribution in [0.15, 0.2) is 48.7 Å². The van der Waals surface area contributed by atoms with Gasteiger partial charge in [-0.15, -0.1) is 0 Å². The zero-order chi connectivity index (χ0) is 15.8. The Labute approximate surface area is 136 Å². The number of amides is 1. The van der Waals surface area contributed by atoms with E-state index in [0.29, 0.717) is 17.5 Å². The molecule has 3 heterocycles. The van der Waals surface area contributed by atoms with E-state index in [1.807, 2.05) is 30.0 Å². The van der Waals surface area contributed by atoms with Crippen LogP contribution in [0.4, 0.5) is 0 Å². The lowest BCUT2D eigenvalue weighted by molar-refractivity contribution is 0.0707. The second kappa shape index (κ2) is 5.78. The van der Waals surface area contributed by atoms with Gasteiger partial charge in [-0.1, -0.05) is 36.4 Å². The number of nitrogens with zero attached hydrogens (tertiary/aromatic N) is 2. The number of nitrogens with one attached hydrogen (secondary N) is 1. The van der Waals surface area contributed by atoms with Crippen LogP contribution in [-0.2, 0) is 0 Å². The molecule has 1 N–H and O–H groups in total. The second-order valence-electron chi connectivity index (χ2n) is 6.56. The van der Waals surface area contributed by atoms with E-state index in [1.54, 1.807) is 6.20 Å². The molecule has 4 heteroatoms. The Morgan fingerprint density at radius 3 is 2.78 bits per heavy atom. The van der Waals surface area contributed by atoms with Gasteiger partial charge in [0.25, 0.3) is 5.91 Å². The van der Waals surface area contributed by atoms with Gasteiger partial charge in [0.2, 0.25) is 0 Å². The summed E-state index contributed by atoms with van der Waals surface area (Å²) >= 11 is 0. The molecule has 1 amide bonds. The number of fused-ring (bicyclic) bond motifs is 1. The van der Waals surface area contributed by atoms with Crippen molar-refractivity contribution in [1.82, 2.24) is 15.2 Å². The van der Waals surface area contributed by atoms with Gasteiger partial charge in [0.1, 0.15) is 5.69 Å². The fraction of sp³-hybridized carbons (Fsp3) is 0.368. The van der Waals surface area contributed by atoms with Crippen LogP contribution in [0.3, 0.4) is 0 Å². The first-order chi connectivity index (χ1) is 11.3. The van der Waals surface area contributed by atoms with Crippen molar-refractivity contribution in [3.05, 3.63) is 65.5 Å². The van der Waals surface area contributed by atoms with Crippen molar-refractivity contribution in [3.63, 3.8) is 0 Å². The molecule has 118 valence electrons. The largest absolute Gasteiger partial charge is 0.330 e. The Balaban J connectivity index is 1.72. The number of carbonyl (C=O) groups excluding carboxylic acids is 1. The molecule has 2 aliphatic heterocycles. The standard InChI is InChI=1S/C19H21N3O/c1-13-6-5-9-21-17(13)19(23)22-12-15-10-20-11-16(15)18(22)14-7-3-2-4-8-14/h2-9,15-16,18,20H,10-12H2,1H3/t15-,16-,18+/m0/s1. The molecule has 1 aromatic carbocycles. The minimum atomic E-state index is 0.0614. The van der Waals surface area contributed by atoms with Crippen LogP contribution < -0.4 is 5.32 Å². The van der Waals surface area contributed by atoms with Crippen LogP contribution >= 0.6 is 0 Å². The highest BCUT2D eigenvalue weighted by molar-refractivity contribution is 5.94. The summed E-state index contributed by atoms with van der Waals surface area (Å²) in [6, 6.07) is 14.4. The number of carbonyl (C=O) groups is 1. The van der Waals surface area contributed by atoms with E-state index in [4.69, 9.17) is 0 Å². The number of pyridine rings is 1. The number of benzene rings is 1. The minimum Gasteiger partial charge on any atom is -0.330 e. The summed E-state index contributed by atoms with van der Waals surface area (Å²) < 4.78 is 0. The van der Waals surface area contributed by atoms with Gasteiger partial charge in [-0.25, -0.2) is 0 Å². The Kier molecular flexibility index (Phi) is 3.62. The van der Waals surface area contributed by atoms with Crippen LogP contribution in [-0.4, -0.2) is 35.4 Å². The highest BCUT2D eigenvalue weighted by Gasteiger charge is 2.47. The van der Waals surface area contributed by atoms with Crippen molar-refractivity contribution < 1.29 is 4.79 Å². The fourth-order valence-corrected chi connectivity index (χ4v) is 4.05. The highest BCUT2D eigenvalue weighted by atomic mass is 16.2. The maximum atomic E-state index is 13.1. The fourth-order valence-electron chi connectivity index (χ4n) is 4.05. The van der Waals surface area contributed by atoms with E-state index >= 15 is 0 Å². The summed E-state index contributed by atoms with van der Waals surface area (Å²) in [4.78, 5) is 19.5. The van der Waals surface area contributed by atoms with Crippen molar-refractivity contribution >= 4 is 5.91 Å². The lowest BCUT2D eigenvalue weighted by atomic mass is 9.89. The second-order valence-corrected chi connectivity index (χ2v) is 6.56. The molecule has 2 aliphatic rings. The molecule has 0 radical (unpaired) electrons. The van der Waals surface area contributed by atoms with Gasteiger partial charge in [-0.2, -0.15) is 0 Å². The zero-order valence-corrected chi connectivity index (χ0v) is 13.3. The molecule has 4 rings (SSSR count). The summed E-state index contributed by atoms with van der Waals surface area (Å²) in [7, 11) is 0. The summed E-state index contributed by atoms with van der Waals surface area (Å²) in [6.45, 7) is 4.75. The normalized spacial score (nSPS) is 26.3. The number of hydrogen-bond donors (Lipinski definition) is 1. The molecule has 2 aromatic rings. The Hall–Kier alpha value is -2.20. The Morgan fingerprint density at radius 2 is 2.00 bits per heavy atom. The summed E-state index contributed by atoms with van der Waals surface area (Å²) in [6.07, 6.45) is 1.70. The molecule has 2 fully saturated rings. The van der Waals surface area contributed by atoms with Gasteiger partial charge in [0.05, 0.1) is 6.04 Å². The first-order valence-corrected chi connectivity index (χ1v) is 8.24. The molecule has 23 heavy (non-hydrogen) atoms. The third kappa shape index (κ3) is 2.43. The summed E-state index contributed by atoms with van der Waals surface area (Å²) in [5.41, 5.74) is 2.76. The third-order valence-electron chi connectivity index (χ3n) is 5.18. The molecular weight excluding hydrogens is 286 g/mol. The first kappa shape index (κ1) is 14.4. The molecule has 0 spiro atoms. The monoisotopic (exact) mass is 307 g/mol. The van der Waals surface area contributed by atoms with E-state index < -0.39 is 0 Å². The van der Waals surface area contributed by atoms with Crippen molar-refractivity contribution in [2.24, 2.45) is 11.8 Å². The van der Waals surface area contributed by atoms with E-state index in [0.717, 1.165) is 25.2 Å². The SMILES string of the molecule is Cc1cccnc1C(=O)N1C[C@@H]2CNC[C@@H]2[C@H]1c1ccccc1. The molecule has 0 bridgehead atoms. The third-order valence-corrected chi connectivity index (χ3v) is 5.18. The summed E-state index contributed by atoms with van der Waals surface area (Å²) in [5, 5.41) is 3.48. The zero-order valence-electron chi connectivity index (χ0n) is 13.3. The molecule has 1 aromatic heterocycles. The van der Waals surface area contributed by atoms with E-state index in [9.17, 15) is 4.79 Å². The van der Waals surface area contributed by atoms with Crippen molar-refractivity contribution in [2.45, 2.75) is 13.0 Å². The summed E-state index contributed by atoms with van der Waals surface area (Å²) in [5.74, 6) is 1.09. The maximum absolute atomic E-state index is 13.1. The average Bonchev–Trinajstić information content (AvgIpc) is 3.16. The Bertz CT molecular complexity index is 716. The van der Waals surface area contributed by atoms with Crippen molar-refractivity contribution in [1.29, 1.82) is 0 Å². The maximum Gasteiger partial charge on any atom is 0.273 e. The molecular formula is C19H21N3O. The van der Waals surface area contributed by atoms with E-state index in [1.165, 1.54) is 5.56 Å². The quantitative estimate of drug-likeness (QED) is 0.927. The van der Waals surface area contributed by atoms with Crippen LogP contribution in [0, 0.1) is 18.8 Å². The predicted molar refractivity (Wildman–Crippen MR) is 89.0 cm³/mol. The number of rotatable bonds is 2. The molecule has 0 aliphatic carbocycles. The molecule has 4 nitrogen and oxygen atoms in total. The van der Waals surface area contributed by atoms with Gasteiger partial charge >= 0.3 is 0 Å². The van der Waals surface area contributed by atoms with Gasteiger partial charge in [-0.05, 0) is 30.0 Å². The lowest BCUT2D eigenvalue weighted by Gasteiger charge is -2.28. The number of aromatic nitrogens is 1. The molecule has 2 saturated heterocycles. The van der Waals surface area contributed by atoms with Gasteiger partial charge in [0.15, 0.2) is 0 Å². The lowest BCUT2D eigenvalue weighted by Crippen LogP contribution is -2.35. The van der Waals surface area contributed by atoms with Crippen LogP contribution in [0.25, 0.3) is 0 Å². The van der Waals surface area contributed by atoms with Crippen LogP contribution in [0.2, 0.25) is 0 Å². The molecule has 3 atom stereocenters. The van der Waals surface area contributed by atoms with E-state index in [2.05, 4.69) is 34.6 Å². The van der Waals surface area contributed by atoms with Gasteiger partial charge < -0.3 is 10.2 Å². The molecule has 0 saturated carbocycles. The van der Waals surface area contributed by atoms with Crippen LogP contribution in [0.5, 0.6) is 0 Å². The minimum absolute atomic E-state index is 0.0614. The number of aryl methyl sites for hydroxylation is 1. The number of likely N-dealkylation sites (tertiary alicyclic amines) is 1. The van der Waals surface area contributed by atoms with Gasteiger partial charge in [0, 0.05) is 31.7 Å². The van der Waals surface area contributed by atoms with Crippen molar-refractivity contribution in [3.8, 4) is 0 Å². The predicted octanol–water partition coefficient (Wildman–Crippen LogP) is 2.42. The smallest absolute Gasteiger partial charge is 0.273 e. The Morgan fingerprint density at radius 1 is 1.17 bits per heavy atom. The highest BCUT2D eigenvalue weighted by Crippen LogP contribution is 2.43. The topological polar surface area (TPSA) is 45.2 Å². The van der Waals surface area contributed by atoms with Crippen LogP contribution in [0.1, 0.15) is 27.7 Å². The number of hydrogen-bond acceptors (Lipinski definition) is 3.